The number of ether oxygens (including phenoxy) is 1. The van der Waals surface area contributed by atoms with Gasteiger partial charge in [0, 0.05) is 24.8 Å². The third kappa shape index (κ3) is 5.21. The first-order valence-electron chi connectivity index (χ1n) is 11.0. The summed E-state index contributed by atoms with van der Waals surface area (Å²) < 4.78 is 39.0. The zero-order valence-electron chi connectivity index (χ0n) is 19.1. The minimum absolute atomic E-state index is 0.0357. The van der Waals surface area contributed by atoms with E-state index in [0.29, 0.717) is 30.8 Å². The molecule has 2 heterocycles. The number of aromatic nitrogens is 1. The number of anilines is 1. The molecule has 1 unspecified atom stereocenters. The quantitative estimate of drug-likeness (QED) is 0.543. The van der Waals surface area contributed by atoms with Crippen LogP contribution in [0.25, 0.3) is 12.2 Å². The SMILES string of the molecule is COc1cccc(NC(=O)C2CCCN(S(=O)(=O)c3c(C)noc3C=Cc3ccccc3)C2)c1. The summed E-state index contributed by atoms with van der Waals surface area (Å²) in [6.45, 7) is 2.02. The molecule has 0 radical (unpaired) electrons. The molecule has 1 amide bonds. The number of carbonyl (C=O) groups is 1. The predicted octanol–water partition coefficient (Wildman–Crippen LogP) is 4.20. The van der Waals surface area contributed by atoms with E-state index in [9.17, 15) is 13.2 Å². The van der Waals surface area contributed by atoms with Crippen LogP contribution in [0.1, 0.15) is 29.9 Å². The van der Waals surface area contributed by atoms with Crippen LogP contribution in [0.5, 0.6) is 5.75 Å². The number of hydrogen-bond acceptors (Lipinski definition) is 6. The Balaban J connectivity index is 1.52. The minimum atomic E-state index is -3.91. The van der Waals surface area contributed by atoms with Crippen LogP contribution in [0.15, 0.2) is 64.0 Å². The highest BCUT2D eigenvalue weighted by molar-refractivity contribution is 7.89. The molecule has 0 spiro atoms. The molecule has 4 rings (SSSR count). The average Bonchev–Trinajstić information content (AvgIpc) is 3.24. The largest absolute Gasteiger partial charge is 0.497 e. The van der Waals surface area contributed by atoms with E-state index in [1.165, 1.54) is 4.31 Å². The van der Waals surface area contributed by atoms with Gasteiger partial charge in [-0.1, -0.05) is 47.6 Å². The van der Waals surface area contributed by atoms with Gasteiger partial charge in [0.1, 0.15) is 11.4 Å². The molecular weight excluding hydrogens is 454 g/mol. The second-order valence-corrected chi connectivity index (χ2v) is 10.0. The number of piperidine rings is 1. The van der Waals surface area contributed by atoms with Gasteiger partial charge in [0.05, 0.1) is 13.0 Å². The molecular formula is C25H27N3O5S. The van der Waals surface area contributed by atoms with E-state index in [2.05, 4.69) is 10.5 Å². The summed E-state index contributed by atoms with van der Waals surface area (Å²) in [5, 5.41) is 6.76. The first-order valence-corrected chi connectivity index (χ1v) is 12.5. The van der Waals surface area contributed by atoms with Gasteiger partial charge in [-0.25, -0.2) is 8.42 Å². The normalized spacial score (nSPS) is 17.1. The number of rotatable bonds is 7. The summed E-state index contributed by atoms with van der Waals surface area (Å²) >= 11 is 0. The first-order chi connectivity index (χ1) is 16.4. The zero-order valence-corrected chi connectivity index (χ0v) is 19.9. The molecule has 8 nitrogen and oxygen atoms in total. The molecule has 0 saturated carbocycles. The van der Waals surface area contributed by atoms with Gasteiger partial charge in [-0.3, -0.25) is 4.79 Å². The molecule has 2 aromatic carbocycles. The lowest BCUT2D eigenvalue weighted by molar-refractivity contribution is -0.120. The number of aryl methyl sites for hydroxylation is 1. The Morgan fingerprint density at radius 1 is 1.18 bits per heavy atom. The van der Waals surface area contributed by atoms with Crippen LogP contribution in [0.3, 0.4) is 0 Å². The van der Waals surface area contributed by atoms with Gasteiger partial charge in [0.15, 0.2) is 10.7 Å². The van der Waals surface area contributed by atoms with Crippen molar-refractivity contribution in [3.8, 4) is 5.75 Å². The van der Waals surface area contributed by atoms with Crippen molar-refractivity contribution in [2.45, 2.75) is 24.7 Å². The fourth-order valence-corrected chi connectivity index (χ4v) is 5.76. The number of carbonyl (C=O) groups excluding carboxylic acids is 1. The standard InChI is InChI=1S/C25H27N3O5S/c1-18-24(23(33-27-18)14-13-19-8-4-3-5-9-19)34(30,31)28-15-7-10-20(17-28)25(29)26-21-11-6-12-22(16-21)32-2/h3-6,8-9,11-14,16,20H,7,10,15,17H2,1-2H3,(H,26,29). The van der Waals surface area contributed by atoms with Crippen LogP contribution in [0, 0.1) is 12.8 Å². The summed E-state index contributed by atoms with van der Waals surface area (Å²) in [7, 11) is -2.35. The highest BCUT2D eigenvalue weighted by Crippen LogP contribution is 2.30. The van der Waals surface area contributed by atoms with E-state index in [1.807, 2.05) is 30.3 Å². The molecule has 0 bridgehead atoms. The Bertz CT molecular complexity index is 1280. The van der Waals surface area contributed by atoms with Crippen LogP contribution in [0.4, 0.5) is 5.69 Å². The third-order valence-electron chi connectivity index (χ3n) is 5.75. The number of nitrogens with zero attached hydrogens (tertiary/aromatic N) is 2. The molecule has 1 aliphatic rings. The summed E-state index contributed by atoms with van der Waals surface area (Å²) in [4.78, 5) is 12.9. The lowest BCUT2D eigenvalue weighted by Crippen LogP contribution is -2.43. The van der Waals surface area contributed by atoms with Crippen molar-refractivity contribution < 1.29 is 22.5 Å². The molecule has 1 fully saturated rings. The molecule has 9 heteroatoms. The van der Waals surface area contributed by atoms with E-state index in [1.54, 1.807) is 50.5 Å². The number of sulfonamides is 1. The van der Waals surface area contributed by atoms with Crippen LogP contribution >= 0.6 is 0 Å². The maximum absolute atomic E-state index is 13.6. The van der Waals surface area contributed by atoms with E-state index >= 15 is 0 Å². The van der Waals surface area contributed by atoms with Crippen molar-refractivity contribution >= 4 is 33.8 Å². The van der Waals surface area contributed by atoms with Crippen LogP contribution in [0.2, 0.25) is 0 Å². The fourth-order valence-electron chi connectivity index (χ4n) is 3.98. The summed E-state index contributed by atoms with van der Waals surface area (Å²) in [6.07, 6.45) is 4.57. The van der Waals surface area contributed by atoms with Crippen LogP contribution < -0.4 is 10.1 Å². The number of hydrogen-bond donors (Lipinski definition) is 1. The van der Waals surface area contributed by atoms with Gasteiger partial charge in [0.2, 0.25) is 15.9 Å². The van der Waals surface area contributed by atoms with E-state index in [0.717, 1.165) is 5.56 Å². The topological polar surface area (TPSA) is 102 Å². The highest BCUT2D eigenvalue weighted by Gasteiger charge is 2.37. The Labute approximate surface area is 199 Å². The van der Waals surface area contributed by atoms with Gasteiger partial charge in [-0.05, 0) is 43.5 Å². The van der Waals surface area contributed by atoms with Gasteiger partial charge < -0.3 is 14.6 Å². The van der Waals surface area contributed by atoms with Gasteiger partial charge >= 0.3 is 0 Å². The Hall–Kier alpha value is -3.43. The lowest BCUT2D eigenvalue weighted by Gasteiger charge is -2.31. The monoisotopic (exact) mass is 481 g/mol. The maximum atomic E-state index is 13.6. The van der Waals surface area contributed by atoms with Crippen molar-refractivity contribution in [1.82, 2.24) is 9.46 Å². The Morgan fingerprint density at radius 3 is 2.74 bits per heavy atom. The molecule has 1 aromatic heterocycles. The van der Waals surface area contributed by atoms with Crippen molar-refractivity contribution in [2.24, 2.45) is 5.92 Å². The number of methoxy groups -OCH3 is 1. The molecule has 1 aliphatic heterocycles. The van der Waals surface area contributed by atoms with E-state index in [-0.39, 0.29) is 28.8 Å². The predicted molar refractivity (Wildman–Crippen MR) is 130 cm³/mol. The average molecular weight is 482 g/mol. The van der Waals surface area contributed by atoms with Crippen LogP contribution in [-0.4, -0.2) is 44.0 Å². The lowest BCUT2D eigenvalue weighted by atomic mass is 9.98. The molecule has 1 atom stereocenters. The van der Waals surface area contributed by atoms with Crippen molar-refractivity contribution in [2.75, 3.05) is 25.5 Å². The number of amides is 1. The highest BCUT2D eigenvalue weighted by atomic mass is 32.2. The number of nitrogens with one attached hydrogen (secondary N) is 1. The summed E-state index contributed by atoms with van der Waals surface area (Å²) in [5.41, 5.74) is 1.80. The Kier molecular flexibility index (Phi) is 7.14. The molecule has 0 aliphatic carbocycles. The van der Waals surface area contributed by atoms with Gasteiger partial charge in [-0.2, -0.15) is 4.31 Å². The van der Waals surface area contributed by atoms with E-state index < -0.39 is 15.9 Å². The molecule has 34 heavy (non-hydrogen) atoms. The van der Waals surface area contributed by atoms with Gasteiger partial charge in [-0.15, -0.1) is 0 Å². The number of benzene rings is 2. The zero-order chi connectivity index (χ0) is 24.1. The summed E-state index contributed by atoms with van der Waals surface area (Å²) in [6, 6.07) is 16.6. The second kappa shape index (κ2) is 10.2. The minimum Gasteiger partial charge on any atom is -0.497 e. The molecule has 178 valence electrons. The molecule has 3 aromatic rings. The maximum Gasteiger partial charge on any atom is 0.248 e. The van der Waals surface area contributed by atoms with Crippen molar-refractivity contribution in [3.05, 3.63) is 71.6 Å². The third-order valence-corrected chi connectivity index (χ3v) is 7.77. The van der Waals surface area contributed by atoms with E-state index in [4.69, 9.17) is 9.26 Å². The van der Waals surface area contributed by atoms with Gasteiger partial charge in [0.25, 0.3) is 0 Å². The molecule has 1 saturated heterocycles. The second-order valence-electron chi connectivity index (χ2n) is 8.13. The van der Waals surface area contributed by atoms with Crippen molar-refractivity contribution in [3.63, 3.8) is 0 Å². The first kappa shape index (κ1) is 23.7. The molecule has 1 N–H and O–H groups in total. The summed E-state index contributed by atoms with van der Waals surface area (Å²) in [5.74, 6) is 0.103. The fraction of sp³-hybridized carbons (Fsp3) is 0.280. The smallest absolute Gasteiger partial charge is 0.248 e. The Morgan fingerprint density at radius 2 is 1.97 bits per heavy atom. The van der Waals surface area contributed by atoms with Crippen molar-refractivity contribution in [1.29, 1.82) is 0 Å². The van der Waals surface area contributed by atoms with Crippen LogP contribution in [-0.2, 0) is 14.8 Å².